The van der Waals surface area contributed by atoms with Crippen LogP contribution in [0.5, 0.6) is 0 Å². The Bertz CT molecular complexity index is 246. The lowest BCUT2D eigenvalue weighted by molar-refractivity contribution is 0.0528. The number of rotatable bonds is 5. The lowest BCUT2D eigenvalue weighted by Crippen LogP contribution is -2.33. The van der Waals surface area contributed by atoms with E-state index in [0.29, 0.717) is 25.0 Å². The molecule has 0 saturated carbocycles. The van der Waals surface area contributed by atoms with Gasteiger partial charge in [-0.25, -0.2) is 9.18 Å². The second kappa shape index (κ2) is 6.51. The first kappa shape index (κ1) is 14.9. The molecule has 1 amide bonds. The lowest BCUT2D eigenvalue weighted by atomic mass is 10.1. The fourth-order valence-corrected chi connectivity index (χ4v) is 1.08. The number of halogens is 1. The van der Waals surface area contributed by atoms with Crippen molar-refractivity contribution in [2.75, 3.05) is 6.54 Å². The predicted molar refractivity (Wildman–Crippen MR) is 63.2 cm³/mol. The van der Waals surface area contributed by atoms with Gasteiger partial charge < -0.3 is 10.1 Å². The highest BCUT2D eigenvalue weighted by Gasteiger charge is 2.16. The van der Waals surface area contributed by atoms with E-state index in [1.54, 1.807) is 27.7 Å². The number of hydrogen-bond acceptors (Lipinski definition) is 2. The van der Waals surface area contributed by atoms with Crippen LogP contribution in [0.2, 0.25) is 0 Å². The normalized spacial score (nSPS) is 13.1. The largest absolute Gasteiger partial charge is 0.444 e. The van der Waals surface area contributed by atoms with Gasteiger partial charge in [0.2, 0.25) is 0 Å². The van der Waals surface area contributed by atoms with E-state index in [1.807, 2.05) is 0 Å². The number of alkyl halides is 1. The summed E-state index contributed by atoms with van der Waals surface area (Å²) >= 11 is 0. The molecule has 0 unspecified atom stereocenters. The molecule has 0 aliphatic carbocycles. The third-order valence-electron chi connectivity index (χ3n) is 1.92. The number of hydrogen-bond donors (Lipinski definition) is 1. The van der Waals surface area contributed by atoms with Crippen molar-refractivity contribution in [3.63, 3.8) is 0 Å². The Balaban J connectivity index is 3.75. The van der Waals surface area contributed by atoms with E-state index in [9.17, 15) is 9.18 Å². The van der Waals surface area contributed by atoms with Crippen molar-refractivity contribution in [1.82, 2.24) is 5.32 Å². The van der Waals surface area contributed by atoms with Crippen LogP contribution in [0, 0.1) is 0 Å². The Labute approximate surface area is 97.1 Å². The van der Waals surface area contributed by atoms with E-state index in [-0.39, 0.29) is 0 Å². The minimum atomic E-state index is -0.986. The maximum Gasteiger partial charge on any atom is 0.407 e. The topological polar surface area (TPSA) is 38.3 Å². The summed E-state index contributed by atoms with van der Waals surface area (Å²) in [4.78, 5) is 11.2. The molecular weight excluding hydrogens is 209 g/mol. The zero-order valence-electron chi connectivity index (χ0n) is 10.6. The molecule has 0 saturated heterocycles. The van der Waals surface area contributed by atoms with Crippen molar-refractivity contribution < 1.29 is 13.9 Å². The molecule has 1 N–H and O–H groups in total. The van der Waals surface area contributed by atoms with Gasteiger partial charge in [-0.05, 0) is 39.2 Å². The minimum absolute atomic E-state index is 0.355. The number of ether oxygens (including phenoxy) is 1. The fourth-order valence-electron chi connectivity index (χ4n) is 1.08. The van der Waals surface area contributed by atoms with Crippen LogP contribution in [0.4, 0.5) is 9.18 Å². The molecular formula is C12H22FNO2. The summed E-state index contributed by atoms with van der Waals surface area (Å²) in [5.74, 6) is 0. The van der Waals surface area contributed by atoms with Gasteiger partial charge in [0.05, 0.1) is 0 Å². The minimum Gasteiger partial charge on any atom is -0.444 e. The van der Waals surface area contributed by atoms with Crippen LogP contribution in [-0.2, 0) is 4.74 Å². The standard InChI is InChI=1S/C12H22FNO2/c1-6-10(13)9(2)7-8-14-11(15)16-12(3,4)5/h10H,2,6-8H2,1,3-5H3,(H,14,15)/t10-/m1/s1. The molecule has 4 heteroatoms. The second-order valence-electron chi connectivity index (χ2n) is 4.71. The Morgan fingerprint density at radius 1 is 1.50 bits per heavy atom. The number of amides is 1. The van der Waals surface area contributed by atoms with Crippen LogP contribution in [0.25, 0.3) is 0 Å². The molecule has 0 aromatic carbocycles. The van der Waals surface area contributed by atoms with Crippen LogP contribution >= 0.6 is 0 Å². The van der Waals surface area contributed by atoms with Crippen LogP contribution in [-0.4, -0.2) is 24.4 Å². The predicted octanol–water partition coefficient (Wildman–Crippen LogP) is 3.21. The van der Waals surface area contributed by atoms with Crippen molar-refractivity contribution >= 4 is 6.09 Å². The van der Waals surface area contributed by atoms with Crippen LogP contribution in [0.3, 0.4) is 0 Å². The highest BCUT2D eigenvalue weighted by Crippen LogP contribution is 2.11. The number of nitrogens with one attached hydrogen (secondary N) is 1. The third kappa shape index (κ3) is 7.26. The first-order valence-corrected chi connectivity index (χ1v) is 5.55. The molecule has 0 aromatic rings. The van der Waals surface area contributed by atoms with E-state index >= 15 is 0 Å². The summed E-state index contributed by atoms with van der Waals surface area (Å²) in [5, 5.41) is 2.56. The first-order valence-electron chi connectivity index (χ1n) is 5.55. The lowest BCUT2D eigenvalue weighted by Gasteiger charge is -2.19. The number of alkyl carbamates (subject to hydrolysis) is 1. The molecule has 0 heterocycles. The smallest absolute Gasteiger partial charge is 0.407 e. The van der Waals surface area contributed by atoms with E-state index in [2.05, 4.69) is 11.9 Å². The molecule has 3 nitrogen and oxygen atoms in total. The molecule has 0 aliphatic rings. The zero-order valence-corrected chi connectivity index (χ0v) is 10.6. The summed E-state index contributed by atoms with van der Waals surface area (Å²) in [6, 6.07) is 0. The molecule has 0 rings (SSSR count). The summed E-state index contributed by atoms with van der Waals surface area (Å²) in [6.45, 7) is 11.1. The summed E-state index contributed by atoms with van der Waals surface area (Å²) < 4.78 is 18.1. The number of carbonyl (C=O) groups excluding carboxylic acids is 1. The molecule has 0 aromatic heterocycles. The van der Waals surface area contributed by atoms with Crippen LogP contribution in [0.1, 0.15) is 40.5 Å². The van der Waals surface area contributed by atoms with Gasteiger partial charge in [-0.3, -0.25) is 0 Å². The van der Waals surface area contributed by atoms with E-state index < -0.39 is 17.9 Å². The highest BCUT2D eigenvalue weighted by atomic mass is 19.1. The van der Waals surface area contributed by atoms with Gasteiger partial charge in [-0.2, -0.15) is 0 Å². The van der Waals surface area contributed by atoms with Crippen LogP contribution < -0.4 is 5.32 Å². The van der Waals surface area contributed by atoms with Crippen molar-refractivity contribution in [2.45, 2.75) is 52.3 Å². The molecule has 0 radical (unpaired) electrons. The van der Waals surface area contributed by atoms with E-state index in [4.69, 9.17) is 4.74 Å². The van der Waals surface area contributed by atoms with Crippen LogP contribution in [0.15, 0.2) is 12.2 Å². The summed E-state index contributed by atoms with van der Waals surface area (Å²) in [6.07, 6.45) is -0.605. The molecule has 0 fully saturated rings. The fraction of sp³-hybridized carbons (Fsp3) is 0.750. The maximum atomic E-state index is 13.1. The molecule has 0 aliphatic heterocycles. The third-order valence-corrected chi connectivity index (χ3v) is 1.92. The maximum absolute atomic E-state index is 13.1. The second-order valence-corrected chi connectivity index (χ2v) is 4.71. The van der Waals surface area contributed by atoms with Gasteiger partial charge in [-0.15, -0.1) is 0 Å². The molecule has 0 spiro atoms. The molecule has 1 atom stereocenters. The van der Waals surface area contributed by atoms with Crippen molar-refractivity contribution in [1.29, 1.82) is 0 Å². The van der Waals surface area contributed by atoms with E-state index in [1.165, 1.54) is 0 Å². The van der Waals surface area contributed by atoms with Crippen molar-refractivity contribution in [2.24, 2.45) is 0 Å². The quantitative estimate of drug-likeness (QED) is 0.738. The first-order chi connectivity index (χ1) is 7.26. The number of carbonyl (C=O) groups is 1. The molecule has 94 valence electrons. The Morgan fingerprint density at radius 2 is 2.06 bits per heavy atom. The van der Waals surface area contributed by atoms with Gasteiger partial charge in [0.1, 0.15) is 11.8 Å². The van der Waals surface area contributed by atoms with Crippen molar-refractivity contribution in [3.8, 4) is 0 Å². The monoisotopic (exact) mass is 231 g/mol. The molecule has 16 heavy (non-hydrogen) atoms. The Morgan fingerprint density at radius 3 is 2.50 bits per heavy atom. The van der Waals surface area contributed by atoms with Gasteiger partial charge in [0.25, 0.3) is 0 Å². The zero-order chi connectivity index (χ0) is 12.8. The van der Waals surface area contributed by atoms with Gasteiger partial charge in [0.15, 0.2) is 0 Å². The average molecular weight is 231 g/mol. The average Bonchev–Trinajstić information content (AvgIpc) is 2.13. The molecule has 0 bridgehead atoms. The Hall–Kier alpha value is -1.06. The highest BCUT2D eigenvalue weighted by molar-refractivity contribution is 5.67. The summed E-state index contributed by atoms with van der Waals surface area (Å²) in [5.41, 5.74) is 0.00574. The van der Waals surface area contributed by atoms with Gasteiger partial charge in [-0.1, -0.05) is 13.5 Å². The SMILES string of the molecule is C=C(CCNC(=O)OC(C)(C)C)[C@H](F)CC. The van der Waals surface area contributed by atoms with Gasteiger partial charge in [0, 0.05) is 6.54 Å². The summed E-state index contributed by atoms with van der Waals surface area (Å²) in [7, 11) is 0. The Kier molecular flexibility index (Phi) is 6.08. The van der Waals surface area contributed by atoms with E-state index in [0.717, 1.165) is 0 Å². The van der Waals surface area contributed by atoms with Gasteiger partial charge >= 0.3 is 6.09 Å². The van der Waals surface area contributed by atoms with Crippen molar-refractivity contribution in [3.05, 3.63) is 12.2 Å².